The number of fused-ring (bicyclic) bond motifs is 1. The van der Waals surface area contributed by atoms with Crippen molar-refractivity contribution in [2.45, 2.75) is 26.8 Å². The largest absolute Gasteiger partial charge is 0.396 e. The minimum Gasteiger partial charge on any atom is -0.396 e. The van der Waals surface area contributed by atoms with Crippen LogP contribution in [0.15, 0.2) is 40.4 Å². The molecule has 0 atom stereocenters. The van der Waals surface area contributed by atoms with E-state index in [-0.39, 0.29) is 24.5 Å². The molecular formula is C18H21N5O2. The van der Waals surface area contributed by atoms with E-state index in [1.54, 1.807) is 13.1 Å². The number of aromatic nitrogens is 3. The molecule has 2 heterocycles. The number of hydrogen-bond acceptors (Lipinski definition) is 5. The van der Waals surface area contributed by atoms with E-state index in [2.05, 4.69) is 44.1 Å². The van der Waals surface area contributed by atoms with Crippen LogP contribution in [0, 0.1) is 6.92 Å². The summed E-state index contributed by atoms with van der Waals surface area (Å²) in [5, 5.41) is 14.3. The van der Waals surface area contributed by atoms with Crippen molar-refractivity contribution >= 4 is 23.1 Å². The molecule has 0 fully saturated rings. The van der Waals surface area contributed by atoms with Gasteiger partial charge in [0.2, 0.25) is 5.95 Å². The van der Waals surface area contributed by atoms with Gasteiger partial charge in [0.05, 0.1) is 11.9 Å². The van der Waals surface area contributed by atoms with Gasteiger partial charge in [-0.1, -0.05) is 18.2 Å². The lowest BCUT2D eigenvalue weighted by molar-refractivity contribution is 0.298. The number of nitrogens with zero attached hydrogens (tertiary/aromatic N) is 3. The molecule has 0 aliphatic carbocycles. The third-order valence-electron chi connectivity index (χ3n) is 4.12. The number of aryl methyl sites for hydroxylation is 2. The van der Waals surface area contributed by atoms with Gasteiger partial charge in [0.25, 0.3) is 5.56 Å². The molecule has 1 aromatic carbocycles. The molecule has 0 spiro atoms. The van der Waals surface area contributed by atoms with Crippen LogP contribution in [0.4, 0.5) is 5.95 Å². The second-order valence-electron chi connectivity index (χ2n) is 5.71. The Kier molecular flexibility index (Phi) is 4.95. The first kappa shape index (κ1) is 16.9. The minimum absolute atomic E-state index is 0.0853. The summed E-state index contributed by atoms with van der Waals surface area (Å²) >= 11 is 0. The Morgan fingerprint density at radius 2 is 2.20 bits per heavy atom. The molecule has 2 aromatic heterocycles. The maximum atomic E-state index is 12.0. The molecule has 0 aliphatic rings. The fraction of sp³-hybridized carbons (Fsp3) is 0.278. The van der Waals surface area contributed by atoms with Crippen LogP contribution in [0.3, 0.4) is 0 Å². The summed E-state index contributed by atoms with van der Waals surface area (Å²) in [5.41, 5.74) is 5.72. The van der Waals surface area contributed by atoms with Crippen LogP contribution >= 0.6 is 0 Å². The summed E-state index contributed by atoms with van der Waals surface area (Å²) in [4.78, 5) is 18.9. The molecule has 3 rings (SSSR count). The lowest BCUT2D eigenvalue weighted by Gasteiger charge is -2.05. The number of nitrogens with one attached hydrogen (secondary N) is 2. The average Bonchev–Trinajstić information content (AvgIpc) is 2.96. The maximum absolute atomic E-state index is 12.0. The molecule has 25 heavy (non-hydrogen) atoms. The fourth-order valence-electron chi connectivity index (χ4n) is 2.87. The lowest BCUT2D eigenvalue weighted by Crippen LogP contribution is -2.19. The van der Waals surface area contributed by atoms with E-state index in [1.807, 2.05) is 18.3 Å². The molecule has 130 valence electrons. The lowest BCUT2D eigenvalue weighted by atomic mass is 10.2. The van der Waals surface area contributed by atoms with Crippen molar-refractivity contribution in [3.05, 3.63) is 57.6 Å². The van der Waals surface area contributed by atoms with Crippen molar-refractivity contribution < 1.29 is 5.11 Å². The fourth-order valence-corrected chi connectivity index (χ4v) is 2.87. The monoisotopic (exact) mass is 339 g/mol. The van der Waals surface area contributed by atoms with Crippen LogP contribution in [-0.4, -0.2) is 32.5 Å². The highest BCUT2D eigenvalue weighted by molar-refractivity contribution is 5.99. The van der Waals surface area contributed by atoms with E-state index >= 15 is 0 Å². The molecule has 0 saturated heterocycles. The van der Waals surface area contributed by atoms with Gasteiger partial charge in [-0.2, -0.15) is 5.10 Å². The van der Waals surface area contributed by atoms with Crippen molar-refractivity contribution in [1.29, 1.82) is 0 Å². The van der Waals surface area contributed by atoms with Crippen LogP contribution in [0.25, 0.3) is 10.9 Å². The summed E-state index contributed by atoms with van der Waals surface area (Å²) in [5.74, 6) is 0.277. The zero-order valence-electron chi connectivity index (χ0n) is 14.3. The van der Waals surface area contributed by atoms with Gasteiger partial charge in [-0.15, -0.1) is 0 Å². The standard InChI is InChI=1S/C18H21N5O2/c1-3-23-11-13(15-6-4-5-7-16(15)23)10-19-22-18-20-12(2)14(8-9-24)17(25)21-18/h4-7,10-11,24H,3,8-9H2,1-2H3,(H2,20,21,22,25)/b19-10-. The van der Waals surface area contributed by atoms with Crippen molar-refractivity contribution in [3.8, 4) is 0 Å². The molecule has 7 nitrogen and oxygen atoms in total. The number of benzene rings is 1. The van der Waals surface area contributed by atoms with Crippen LogP contribution in [0.5, 0.6) is 0 Å². The first-order valence-corrected chi connectivity index (χ1v) is 8.21. The third-order valence-corrected chi connectivity index (χ3v) is 4.12. The molecule has 0 unspecified atom stereocenters. The number of hydrogen-bond donors (Lipinski definition) is 3. The zero-order valence-corrected chi connectivity index (χ0v) is 14.3. The minimum atomic E-state index is -0.262. The number of aliphatic hydroxyl groups excluding tert-OH is 1. The second kappa shape index (κ2) is 7.31. The van der Waals surface area contributed by atoms with E-state index < -0.39 is 0 Å². The molecule has 0 amide bonds. The van der Waals surface area contributed by atoms with Crippen LogP contribution < -0.4 is 11.0 Å². The number of aliphatic hydroxyl groups is 1. The first-order valence-electron chi connectivity index (χ1n) is 8.21. The second-order valence-corrected chi connectivity index (χ2v) is 5.71. The number of rotatable bonds is 6. The SMILES string of the molecule is CCn1cc(/C=N\Nc2nc(C)c(CCO)c(=O)[nH]2)c2ccccc21. The topological polar surface area (TPSA) is 95.3 Å². The summed E-state index contributed by atoms with van der Waals surface area (Å²) in [6, 6.07) is 8.14. The van der Waals surface area contributed by atoms with Gasteiger partial charge in [-0.3, -0.25) is 9.78 Å². The normalized spacial score (nSPS) is 11.5. The Labute approximate surface area is 145 Å². The van der Waals surface area contributed by atoms with Gasteiger partial charge >= 0.3 is 0 Å². The Bertz CT molecular complexity index is 971. The van der Waals surface area contributed by atoms with Gasteiger partial charge < -0.3 is 9.67 Å². The van der Waals surface area contributed by atoms with Gasteiger partial charge in [-0.05, 0) is 19.9 Å². The molecule has 7 heteroatoms. The predicted molar refractivity (Wildman–Crippen MR) is 99.2 cm³/mol. The molecule has 0 saturated carbocycles. The molecular weight excluding hydrogens is 318 g/mol. The van der Waals surface area contributed by atoms with E-state index in [0.29, 0.717) is 11.3 Å². The molecule has 0 radical (unpaired) electrons. The van der Waals surface area contributed by atoms with Crippen molar-refractivity contribution in [2.75, 3.05) is 12.0 Å². The summed E-state index contributed by atoms with van der Waals surface area (Å²) in [6.45, 7) is 4.63. The summed E-state index contributed by atoms with van der Waals surface area (Å²) < 4.78 is 2.16. The number of aromatic amines is 1. The third kappa shape index (κ3) is 3.46. The van der Waals surface area contributed by atoms with Gasteiger partial charge in [0.1, 0.15) is 0 Å². The van der Waals surface area contributed by atoms with E-state index in [0.717, 1.165) is 23.0 Å². The van der Waals surface area contributed by atoms with Crippen LogP contribution in [-0.2, 0) is 13.0 Å². The zero-order chi connectivity index (χ0) is 17.8. The highest BCUT2D eigenvalue weighted by Gasteiger charge is 2.07. The number of anilines is 1. The molecule has 0 bridgehead atoms. The smallest absolute Gasteiger partial charge is 0.255 e. The van der Waals surface area contributed by atoms with Crippen LogP contribution in [0.1, 0.15) is 23.7 Å². The predicted octanol–water partition coefficient (Wildman–Crippen LogP) is 2.03. The average molecular weight is 339 g/mol. The maximum Gasteiger partial charge on any atom is 0.255 e. The number of H-pyrrole nitrogens is 1. The van der Waals surface area contributed by atoms with Crippen LogP contribution in [0.2, 0.25) is 0 Å². The summed E-state index contributed by atoms with van der Waals surface area (Å²) in [6.07, 6.45) is 4.04. The van der Waals surface area contributed by atoms with Crippen molar-refractivity contribution in [2.24, 2.45) is 5.10 Å². The molecule has 3 N–H and O–H groups in total. The molecule has 3 aromatic rings. The van der Waals surface area contributed by atoms with E-state index in [9.17, 15) is 4.79 Å². The van der Waals surface area contributed by atoms with Crippen molar-refractivity contribution in [3.63, 3.8) is 0 Å². The van der Waals surface area contributed by atoms with Gasteiger partial charge in [0.15, 0.2) is 0 Å². The quantitative estimate of drug-likeness (QED) is 0.473. The highest BCUT2D eigenvalue weighted by atomic mass is 16.3. The highest BCUT2D eigenvalue weighted by Crippen LogP contribution is 2.19. The first-order chi connectivity index (χ1) is 12.1. The molecule has 0 aliphatic heterocycles. The Hall–Kier alpha value is -2.93. The van der Waals surface area contributed by atoms with Gasteiger partial charge in [0, 0.05) is 47.8 Å². The number of hydrazone groups is 1. The van der Waals surface area contributed by atoms with E-state index in [4.69, 9.17) is 5.11 Å². The Morgan fingerprint density at radius 1 is 1.40 bits per heavy atom. The Morgan fingerprint density at radius 3 is 2.92 bits per heavy atom. The van der Waals surface area contributed by atoms with E-state index in [1.165, 1.54) is 0 Å². The number of para-hydroxylation sites is 1. The summed E-state index contributed by atoms with van der Waals surface area (Å²) in [7, 11) is 0. The van der Waals surface area contributed by atoms with Crippen molar-refractivity contribution in [1.82, 2.24) is 14.5 Å². The van der Waals surface area contributed by atoms with Gasteiger partial charge in [-0.25, -0.2) is 10.4 Å². The Balaban J connectivity index is 1.84.